The second-order valence-corrected chi connectivity index (χ2v) is 26.8. The molecule has 0 spiro atoms. The van der Waals surface area contributed by atoms with Crippen molar-refractivity contribution < 1.29 is 91.7 Å². The molecule has 0 bridgehead atoms. The van der Waals surface area contributed by atoms with E-state index in [0.717, 1.165) is 28.4 Å². The van der Waals surface area contributed by atoms with Crippen molar-refractivity contribution in [1.29, 1.82) is 0 Å². The van der Waals surface area contributed by atoms with Crippen molar-refractivity contribution in [2.24, 2.45) is 28.7 Å². The minimum absolute atomic E-state index is 0.00340. The number of benzene rings is 2. The molecule has 10 atom stereocenters. The van der Waals surface area contributed by atoms with Crippen LogP contribution in [0.25, 0.3) is 0 Å². The van der Waals surface area contributed by atoms with E-state index in [4.69, 9.17) is 33.4 Å². The van der Waals surface area contributed by atoms with Gasteiger partial charge in [-0.15, -0.1) is 0 Å². The number of unbranched alkanes of at least 4 members (excludes halogenated alkanes) is 1. The van der Waals surface area contributed by atoms with Crippen LogP contribution in [0, 0.1) is 0 Å². The highest BCUT2D eigenvalue weighted by Gasteiger charge is 2.42. The zero-order valence-corrected chi connectivity index (χ0v) is 57.2. The van der Waals surface area contributed by atoms with Gasteiger partial charge in [0.15, 0.2) is 0 Å². The number of rotatable bonds is 29. The summed E-state index contributed by atoms with van der Waals surface area (Å²) in [5.74, 6) is -16.9. The summed E-state index contributed by atoms with van der Waals surface area (Å²) in [7, 11) is 0. The number of nitrogens with zero attached hydrogens (tertiary/aromatic N) is 1. The van der Waals surface area contributed by atoms with Crippen LogP contribution in [-0.2, 0) is 89.5 Å². The number of nitrogens with two attached hydrogens (primary N) is 5. The second kappa shape index (κ2) is 41.6. The first kappa shape index (κ1) is 82.6. The summed E-state index contributed by atoms with van der Waals surface area (Å²) >= 11 is 1.70. The quantitative estimate of drug-likeness (QED) is 0.0337. The van der Waals surface area contributed by atoms with Crippen LogP contribution in [-0.4, -0.2) is 232 Å². The number of primary amides is 3. The summed E-state index contributed by atoms with van der Waals surface area (Å²) in [5.41, 5.74) is 27.1. The average molecular weight is 1440 g/mol. The van der Waals surface area contributed by atoms with Gasteiger partial charge in [-0.05, 0) is 95.5 Å². The zero-order valence-electron chi connectivity index (χ0n) is 55.6. The Morgan fingerprint density at radius 2 is 1.24 bits per heavy atom. The normalized spacial score (nSPS) is 21.1. The van der Waals surface area contributed by atoms with Crippen LogP contribution in [0.3, 0.4) is 0 Å². The fraction of sp³-hybridized carbons (Fsp3) is 0.548. The van der Waals surface area contributed by atoms with E-state index in [1.807, 2.05) is 0 Å². The number of phenolic OH excluding ortho intramolecular Hbond substituents is 1. The standard InChI is InChI=1S/C62H91N17O19S2/c1-62(2,3)98-61(97)78-42(60(95)96)24-36-30-99-31-43(71-51(86)29-69-50(85)28-68-49(84)26-64)57(92)75-40(23-34-14-16-35(80)17-15-34)55(90)74-39(22-33-10-5-4-6-11-33)54(89)72-38(18-19-46(65)81)53(88)76-41(25-47(66)82)56(91)77-44(32-100-36)59(94)79-21-9-13-45(79)58(93)73-37(12-7-8-20-63)52(87)70-27-48(67)83/h4-6,10-11,14-17,36-45,80H,7-9,12-13,18-32,63-64H2,1-3H3,(H2,65,81)(H2,66,82)(H2,67,83)(H,68,84)(H,69,85)(H,70,87)(H,71,86)(H,72,89)(H,73,93)(H,74,90)(H,75,92)(H,76,88)(H,77,91)(H,78,97)(H,95,96). The van der Waals surface area contributed by atoms with E-state index in [1.165, 1.54) is 45.0 Å². The number of carboxylic acids is 1. The highest BCUT2D eigenvalue weighted by molar-refractivity contribution is 8.03. The maximum Gasteiger partial charge on any atom is 0.408 e. The lowest BCUT2D eigenvalue weighted by molar-refractivity contribution is -0.142. The number of aromatic hydroxyl groups is 1. The molecule has 550 valence electrons. The molecule has 0 radical (unpaired) electrons. The molecule has 100 heavy (non-hydrogen) atoms. The number of carboxylic acid groups (broad SMARTS) is 1. The van der Waals surface area contributed by atoms with Crippen LogP contribution in [0.4, 0.5) is 4.79 Å². The molecular formula is C62H91N17O19S2. The Morgan fingerprint density at radius 3 is 1.84 bits per heavy atom. The minimum atomic E-state index is -2.00. The summed E-state index contributed by atoms with van der Waals surface area (Å²) < 4.78 is 5.37. The highest BCUT2D eigenvalue weighted by Crippen LogP contribution is 2.27. The molecule has 2 aliphatic rings. The summed E-state index contributed by atoms with van der Waals surface area (Å²) in [4.78, 5) is 220. The molecule has 2 fully saturated rings. The first-order valence-electron chi connectivity index (χ1n) is 32.0. The number of phenols is 1. The number of thioether (sulfide) groups is 2. The van der Waals surface area contributed by atoms with E-state index < -0.39 is 223 Å². The Hall–Kier alpha value is -9.82. The van der Waals surface area contributed by atoms with Crippen LogP contribution < -0.4 is 87.2 Å². The number of hydrogen-bond donors (Lipinski definition) is 18. The van der Waals surface area contributed by atoms with E-state index in [-0.39, 0.29) is 56.7 Å². The summed E-state index contributed by atoms with van der Waals surface area (Å²) in [5, 5.41) is 46.7. The number of alkyl carbamates (subject to hydrolysis) is 1. The average Bonchev–Trinajstić information content (AvgIpc) is 1.58. The van der Waals surface area contributed by atoms with Gasteiger partial charge >= 0.3 is 12.1 Å². The van der Waals surface area contributed by atoms with Gasteiger partial charge in [0, 0.05) is 48.3 Å². The summed E-state index contributed by atoms with van der Waals surface area (Å²) in [6.07, 6.45) is -3.52. The summed E-state index contributed by atoms with van der Waals surface area (Å²) in [6, 6.07) is -1.48. The van der Waals surface area contributed by atoms with Crippen LogP contribution >= 0.6 is 23.5 Å². The Labute approximate surface area is 584 Å². The van der Waals surface area contributed by atoms with Gasteiger partial charge in [0.25, 0.3) is 0 Å². The van der Waals surface area contributed by atoms with Crippen LogP contribution in [0.5, 0.6) is 5.75 Å². The number of ether oxygens (including phenoxy) is 1. The molecule has 2 aliphatic heterocycles. The van der Waals surface area contributed by atoms with Gasteiger partial charge in [-0.25, -0.2) is 9.59 Å². The smallest absolute Gasteiger partial charge is 0.408 e. The van der Waals surface area contributed by atoms with Crippen molar-refractivity contribution in [3.63, 3.8) is 0 Å². The second-order valence-electron chi connectivity index (χ2n) is 24.4. The molecule has 2 heterocycles. The van der Waals surface area contributed by atoms with Gasteiger partial charge in [0.1, 0.15) is 65.7 Å². The largest absolute Gasteiger partial charge is 0.508 e. The third kappa shape index (κ3) is 30.1. The van der Waals surface area contributed by atoms with Crippen LogP contribution in [0.1, 0.15) is 89.7 Å². The molecule has 2 aromatic rings. The molecule has 4 rings (SSSR count). The Kier molecular flexibility index (Phi) is 34.3. The molecule has 36 nitrogen and oxygen atoms in total. The van der Waals surface area contributed by atoms with E-state index in [9.17, 15) is 82.1 Å². The molecule has 0 aliphatic carbocycles. The van der Waals surface area contributed by atoms with E-state index in [1.54, 1.807) is 30.3 Å². The number of carbonyl (C=O) groups excluding carboxylic acids is 15. The van der Waals surface area contributed by atoms with Crippen molar-refractivity contribution >= 4 is 118 Å². The van der Waals surface area contributed by atoms with Crippen molar-refractivity contribution in [3.05, 3.63) is 65.7 Å². The number of amides is 15. The number of nitrogens with one attached hydrogen (secondary N) is 11. The van der Waals surface area contributed by atoms with Gasteiger partial charge in [0.2, 0.25) is 82.7 Å². The van der Waals surface area contributed by atoms with Crippen molar-refractivity contribution in [2.75, 3.05) is 56.5 Å². The lowest BCUT2D eigenvalue weighted by Gasteiger charge is -2.32. The van der Waals surface area contributed by atoms with Crippen molar-refractivity contribution in [2.45, 2.75) is 157 Å². The zero-order chi connectivity index (χ0) is 74.2. The fourth-order valence-electron chi connectivity index (χ4n) is 10.1. The number of carbonyl (C=O) groups is 16. The Morgan fingerprint density at radius 1 is 0.650 bits per heavy atom. The molecule has 38 heteroatoms. The lowest BCUT2D eigenvalue weighted by atomic mass is 10.0. The third-order valence-electron chi connectivity index (χ3n) is 15.0. The molecule has 10 unspecified atom stereocenters. The van der Waals surface area contributed by atoms with Crippen molar-refractivity contribution in [3.8, 4) is 5.75 Å². The Bertz CT molecular complexity index is 3240. The predicted molar refractivity (Wildman–Crippen MR) is 362 cm³/mol. The maximum atomic E-state index is 15.3. The first-order valence-corrected chi connectivity index (χ1v) is 34.2. The first-order chi connectivity index (χ1) is 47.2. The van der Waals surface area contributed by atoms with E-state index in [2.05, 4.69) is 58.5 Å². The van der Waals surface area contributed by atoms with Gasteiger partial charge in [0.05, 0.1) is 32.6 Å². The predicted octanol–water partition coefficient (Wildman–Crippen LogP) is -6.16. The lowest BCUT2D eigenvalue weighted by Crippen LogP contribution is -2.61. The molecule has 2 saturated heterocycles. The van der Waals surface area contributed by atoms with Crippen molar-refractivity contribution in [1.82, 2.24) is 63.4 Å². The van der Waals surface area contributed by atoms with E-state index >= 15 is 4.79 Å². The van der Waals surface area contributed by atoms with Gasteiger partial charge in [-0.2, -0.15) is 23.5 Å². The number of aliphatic carboxylic acids is 1. The third-order valence-corrected chi connectivity index (χ3v) is 17.8. The molecule has 0 aromatic heterocycles. The van der Waals surface area contributed by atoms with Gasteiger partial charge < -0.3 is 107 Å². The SMILES string of the molecule is CC(C)(C)OC(=O)NC(CC1CSCC(NC(=O)CNC(=O)CNC(=O)CN)C(=O)NC(Cc2ccc(O)cc2)C(=O)NC(Cc2ccccc2)C(=O)NC(CCC(N)=O)C(=O)NC(CC(N)=O)C(=O)NC(C(=O)N2CCCC2C(=O)NC(CCCCN)C(=O)NCC(N)=O)CS1)C(=O)O. The number of hydrogen-bond acceptors (Lipinski definition) is 22. The number of likely N-dealkylation sites (tertiary alicyclic amines) is 1. The van der Waals surface area contributed by atoms with Crippen LogP contribution in [0.2, 0.25) is 0 Å². The monoisotopic (exact) mass is 1440 g/mol. The Balaban J connectivity index is 1.97. The molecule has 0 saturated carbocycles. The molecule has 23 N–H and O–H groups in total. The van der Waals surface area contributed by atoms with Gasteiger partial charge in [-0.3, -0.25) is 67.1 Å². The van der Waals surface area contributed by atoms with E-state index in [0.29, 0.717) is 24.0 Å². The summed E-state index contributed by atoms with van der Waals surface area (Å²) in [6.45, 7) is 2.20. The topological polar surface area (TPSA) is 588 Å². The molecule has 15 amide bonds. The maximum absolute atomic E-state index is 15.3. The highest BCUT2D eigenvalue weighted by atomic mass is 32.2. The molecular weight excluding hydrogens is 1350 g/mol. The fourth-order valence-corrected chi connectivity index (χ4v) is 12.8. The van der Waals surface area contributed by atoms with Crippen LogP contribution in [0.15, 0.2) is 54.6 Å². The molecule has 2 aromatic carbocycles. The van der Waals surface area contributed by atoms with Gasteiger partial charge in [-0.1, -0.05) is 42.5 Å². The minimum Gasteiger partial charge on any atom is -0.508 e.